The average Bonchev–Trinajstić information content (AvgIpc) is 3.00. The van der Waals surface area contributed by atoms with Crippen LogP contribution in [-0.2, 0) is 0 Å². The maximum atomic E-state index is 9.37. The Hall–Kier alpha value is -3.13. The summed E-state index contributed by atoms with van der Waals surface area (Å²) in [6.07, 6.45) is 0. The first-order valence-corrected chi connectivity index (χ1v) is 7.39. The number of benzene rings is 2. The van der Waals surface area contributed by atoms with Crippen LogP contribution >= 0.6 is 0 Å². The molecule has 0 fully saturated rings. The van der Waals surface area contributed by atoms with Crippen molar-refractivity contribution in [1.82, 2.24) is 15.0 Å². The molecule has 0 aliphatic carbocycles. The molecule has 0 amide bonds. The zero-order chi connectivity index (χ0) is 16.2. The van der Waals surface area contributed by atoms with Gasteiger partial charge in [0.25, 0.3) is 0 Å². The lowest BCUT2D eigenvalue weighted by Crippen LogP contribution is -2.04. The highest BCUT2D eigenvalue weighted by molar-refractivity contribution is 5.68. The fourth-order valence-electron chi connectivity index (χ4n) is 2.41. The van der Waals surface area contributed by atoms with Crippen molar-refractivity contribution in [1.29, 1.82) is 5.26 Å². The monoisotopic (exact) mass is 304 g/mol. The highest BCUT2D eigenvalue weighted by Crippen LogP contribution is 2.29. The van der Waals surface area contributed by atoms with Gasteiger partial charge in [0.15, 0.2) is 5.69 Å². The maximum Gasteiger partial charge on any atom is 0.191 e. The van der Waals surface area contributed by atoms with Crippen molar-refractivity contribution in [3.8, 4) is 28.8 Å². The molecule has 0 unspecified atom stereocenters. The second-order valence-electron chi connectivity index (χ2n) is 5.08. The molecule has 0 spiro atoms. The fraction of sp³-hybridized carbons (Fsp3) is 0.167. The molecule has 0 saturated carbocycles. The van der Waals surface area contributed by atoms with Gasteiger partial charge in [-0.05, 0) is 26.0 Å². The summed E-state index contributed by atoms with van der Waals surface area (Å²) < 4.78 is 7.33. The average molecular weight is 304 g/mol. The van der Waals surface area contributed by atoms with E-state index in [2.05, 4.69) is 16.4 Å². The SMILES string of the molecule is CCOc1ccccc1-n1nnc(C#N)c1-c1ccc(C)cc1. The summed E-state index contributed by atoms with van der Waals surface area (Å²) in [5, 5.41) is 17.5. The molecule has 0 bridgehead atoms. The Morgan fingerprint density at radius 2 is 1.87 bits per heavy atom. The molecule has 1 heterocycles. The van der Waals surface area contributed by atoms with E-state index in [0.29, 0.717) is 23.7 Å². The van der Waals surface area contributed by atoms with Crippen LogP contribution in [0, 0.1) is 18.3 Å². The largest absolute Gasteiger partial charge is 0.492 e. The molecule has 0 saturated heterocycles. The molecule has 5 nitrogen and oxygen atoms in total. The lowest BCUT2D eigenvalue weighted by molar-refractivity contribution is 0.338. The third kappa shape index (κ3) is 2.79. The summed E-state index contributed by atoms with van der Waals surface area (Å²) in [5.74, 6) is 0.706. The molecule has 0 aliphatic heterocycles. The van der Waals surface area contributed by atoms with Gasteiger partial charge in [-0.25, -0.2) is 4.68 Å². The molecule has 3 aromatic rings. The first kappa shape index (κ1) is 14.8. The molecule has 0 atom stereocenters. The second-order valence-corrected chi connectivity index (χ2v) is 5.08. The maximum absolute atomic E-state index is 9.37. The van der Waals surface area contributed by atoms with E-state index in [9.17, 15) is 5.26 Å². The van der Waals surface area contributed by atoms with E-state index in [-0.39, 0.29) is 0 Å². The molecule has 5 heteroatoms. The quantitative estimate of drug-likeness (QED) is 0.740. The van der Waals surface area contributed by atoms with E-state index in [1.165, 1.54) is 0 Å². The first-order chi connectivity index (χ1) is 11.2. The molecule has 2 aromatic carbocycles. The Kier molecular flexibility index (Phi) is 4.07. The van der Waals surface area contributed by atoms with Crippen molar-refractivity contribution in [3.05, 3.63) is 59.8 Å². The minimum Gasteiger partial charge on any atom is -0.492 e. The van der Waals surface area contributed by atoms with Gasteiger partial charge in [-0.1, -0.05) is 47.2 Å². The first-order valence-electron chi connectivity index (χ1n) is 7.39. The number of nitrogens with zero attached hydrogens (tertiary/aromatic N) is 4. The Labute approximate surface area is 134 Å². The van der Waals surface area contributed by atoms with Gasteiger partial charge in [0.2, 0.25) is 0 Å². The van der Waals surface area contributed by atoms with Crippen LogP contribution in [0.2, 0.25) is 0 Å². The standard InChI is InChI=1S/C18H16N4O/c1-3-23-17-7-5-4-6-16(17)22-18(15(12-19)20-21-22)14-10-8-13(2)9-11-14/h4-11H,3H2,1-2H3. The van der Waals surface area contributed by atoms with E-state index in [0.717, 1.165) is 16.8 Å². The Bertz CT molecular complexity index is 859. The topological polar surface area (TPSA) is 63.7 Å². The number of hydrogen-bond acceptors (Lipinski definition) is 4. The number of hydrogen-bond donors (Lipinski definition) is 0. The second kappa shape index (κ2) is 6.32. The van der Waals surface area contributed by atoms with Gasteiger partial charge >= 0.3 is 0 Å². The molecular weight excluding hydrogens is 288 g/mol. The summed E-state index contributed by atoms with van der Waals surface area (Å²) in [4.78, 5) is 0. The number of para-hydroxylation sites is 2. The number of aromatic nitrogens is 3. The van der Waals surface area contributed by atoms with Gasteiger partial charge in [-0.15, -0.1) is 5.10 Å². The number of rotatable bonds is 4. The Balaban J connectivity index is 2.21. The molecule has 0 radical (unpaired) electrons. The Morgan fingerprint density at radius 3 is 2.57 bits per heavy atom. The van der Waals surface area contributed by atoms with E-state index in [1.54, 1.807) is 4.68 Å². The van der Waals surface area contributed by atoms with E-state index < -0.39 is 0 Å². The van der Waals surface area contributed by atoms with Gasteiger partial charge in [-0.2, -0.15) is 5.26 Å². The van der Waals surface area contributed by atoms with Crippen LogP contribution in [0.15, 0.2) is 48.5 Å². The van der Waals surface area contributed by atoms with Crippen LogP contribution < -0.4 is 4.74 Å². The molecule has 0 aliphatic rings. The predicted octanol–water partition coefficient (Wildman–Crippen LogP) is 3.51. The van der Waals surface area contributed by atoms with Crippen molar-refractivity contribution in [2.45, 2.75) is 13.8 Å². The summed E-state index contributed by atoms with van der Waals surface area (Å²) in [6.45, 7) is 4.51. The van der Waals surface area contributed by atoms with Crippen LogP contribution in [0.3, 0.4) is 0 Å². The van der Waals surface area contributed by atoms with Crippen LogP contribution in [0.1, 0.15) is 18.2 Å². The third-order valence-electron chi connectivity index (χ3n) is 3.49. The van der Waals surface area contributed by atoms with Gasteiger partial charge in [0.05, 0.1) is 6.61 Å². The fourth-order valence-corrected chi connectivity index (χ4v) is 2.41. The molecule has 3 rings (SSSR count). The normalized spacial score (nSPS) is 10.3. The lowest BCUT2D eigenvalue weighted by Gasteiger charge is -2.12. The van der Waals surface area contributed by atoms with Gasteiger partial charge < -0.3 is 4.74 Å². The van der Waals surface area contributed by atoms with E-state index >= 15 is 0 Å². The van der Waals surface area contributed by atoms with Gasteiger partial charge in [0.1, 0.15) is 23.2 Å². The predicted molar refractivity (Wildman–Crippen MR) is 87.4 cm³/mol. The molecule has 1 aromatic heterocycles. The summed E-state index contributed by atoms with van der Waals surface area (Å²) in [7, 11) is 0. The highest BCUT2D eigenvalue weighted by atomic mass is 16.5. The minimum atomic E-state index is 0.292. The van der Waals surface area contributed by atoms with Crippen LogP contribution in [-0.4, -0.2) is 21.6 Å². The highest BCUT2D eigenvalue weighted by Gasteiger charge is 2.18. The van der Waals surface area contributed by atoms with Crippen LogP contribution in [0.5, 0.6) is 5.75 Å². The van der Waals surface area contributed by atoms with Crippen molar-refractivity contribution in [2.75, 3.05) is 6.61 Å². The number of aryl methyl sites for hydroxylation is 1. The summed E-state index contributed by atoms with van der Waals surface area (Å²) in [6, 6.07) is 17.6. The Morgan fingerprint density at radius 1 is 1.13 bits per heavy atom. The van der Waals surface area contributed by atoms with E-state index in [1.807, 2.05) is 62.4 Å². The van der Waals surface area contributed by atoms with Crippen LogP contribution in [0.4, 0.5) is 0 Å². The van der Waals surface area contributed by atoms with Crippen molar-refractivity contribution < 1.29 is 4.74 Å². The van der Waals surface area contributed by atoms with Crippen LogP contribution in [0.25, 0.3) is 16.9 Å². The van der Waals surface area contributed by atoms with E-state index in [4.69, 9.17) is 4.74 Å². The molecular formula is C18H16N4O. The molecule has 0 N–H and O–H groups in total. The smallest absolute Gasteiger partial charge is 0.191 e. The van der Waals surface area contributed by atoms with Crippen molar-refractivity contribution in [3.63, 3.8) is 0 Å². The minimum absolute atomic E-state index is 0.292. The van der Waals surface area contributed by atoms with Crippen molar-refractivity contribution >= 4 is 0 Å². The van der Waals surface area contributed by atoms with Crippen molar-refractivity contribution in [2.24, 2.45) is 0 Å². The van der Waals surface area contributed by atoms with Gasteiger partial charge in [-0.3, -0.25) is 0 Å². The third-order valence-corrected chi connectivity index (χ3v) is 3.49. The zero-order valence-corrected chi connectivity index (χ0v) is 13.0. The molecule has 114 valence electrons. The summed E-state index contributed by atoms with van der Waals surface area (Å²) in [5.41, 5.74) is 3.77. The number of nitriles is 1. The number of ether oxygens (including phenoxy) is 1. The lowest BCUT2D eigenvalue weighted by atomic mass is 10.1. The van der Waals surface area contributed by atoms with Gasteiger partial charge in [0, 0.05) is 5.56 Å². The summed E-state index contributed by atoms with van der Waals surface area (Å²) >= 11 is 0. The molecule has 23 heavy (non-hydrogen) atoms. The zero-order valence-electron chi connectivity index (χ0n) is 13.0.